The van der Waals surface area contributed by atoms with Crippen molar-refractivity contribution < 1.29 is 4.42 Å². The molecule has 0 bridgehead atoms. The van der Waals surface area contributed by atoms with Crippen LogP contribution in [-0.4, -0.2) is 9.13 Å². The summed E-state index contributed by atoms with van der Waals surface area (Å²) in [5, 5.41) is 15.9. The molecule has 6 aromatic carbocycles. The summed E-state index contributed by atoms with van der Waals surface area (Å²) >= 11 is 0. The molecular weight excluding hydrogens is 601 g/mol. The van der Waals surface area contributed by atoms with Crippen molar-refractivity contribution >= 4 is 66.4 Å². The maximum atomic E-state index is 10.3. The first kappa shape index (κ1) is 27.3. The Morgan fingerprint density at radius 3 is 2.31 bits per heavy atom. The molecule has 3 heterocycles. The molecule has 1 aliphatic carbocycles. The van der Waals surface area contributed by atoms with Crippen LogP contribution in [0.2, 0.25) is 0 Å². The summed E-state index contributed by atoms with van der Waals surface area (Å²) in [7, 11) is 0. The van der Waals surface area contributed by atoms with E-state index in [1.807, 2.05) is 42.5 Å². The normalized spacial score (nSPS) is 12.6. The topological polar surface area (TPSA) is 51.1 Å². The molecule has 1 aliphatic rings. The van der Waals surface area contributed by atoms with Gasteiger partial charge >= 0.3 is 0 Å². The fourth-order valence-electron chi connectivity index (χ4n) is 7.93. The van der Waals surface area contributed by atoms with E-state index in [-0.39, 0.29) is 0 Å². The zero-order valence-electron chi connectivity index (χ0n) is 26.3. The molecule has 228 valence electrons. The number of para-hydroxylation sites is 3. The number of allylic oxidation sites excluding steroid dienone is 1. The Labute approximate surface area is 281 Å². The molecule has 0 amide bonds. The molecular formula is C44H26N4O. The van der Waals surface area contributed by atoms with Gasteiger partial charge in [-0.2, -0.15) is 5.26 Å². The minimum atomic E-state index is 0.560. The summed E-state index contributed by atoms with van der Waals surface area (Å²) in [5.74, 6) is 0. The summed E-state index contributed by atoms with van der Waals surface area (Å²) < 4.78 is 10.8. The van der Waals surface area contributed by atoms with Gasteiger partial charge < -0.3 is 13.6 Å². The zero-order valence-corrected chi connectivity index (χ0v) is 26.3. The molecule has 0 atom stereocenters. The van der Waals surface area contributed by atoms with E-state index in [0.717, 1.165) is 90.3 Å². The van der Waals surface area contributed by atoms with Gasteiger partial charge in [-0.1, -0.05) is 72.8 Å². The van der Waals surface area contributed by atoms with Gasteiger partial charge in [0.05, 0.1) is 45.8 Å². The lowest BCUT2D eigenvalue weighted by Gasteiger charge is -2.16. The Morgan fingerprint density at radius 1 is 0.694 bits per heavy atom. The van der Waals surface area contributed by atoms with Crippen LogP contribution in [-0.2, 0) is 6.42 Å². The largest absolute Gasteiger partial charge is 0.456 e. The smallest absolute Gasteiger partial charge is 0.210 e. The van der Waals surface area contributed by atoms with Gasteiger partial charge in [0.15, 0.2) is 0 Å². The Morgan fingerprint density at radius 2 is 1.47 bits per heavy atom. The summed E-state index contributed by atoms with van der Waals surface area (Å²) in [6, 6.07) is 43.8. The summed E-state index contributed by atoms with van der Waals surface area (Å²) in [5.41, 5.74) is 12.0. The fourth-order valence-corrected chi connectivity index (χ4v) is 7.93. The molecule has 0 saturated carbocycles. The maximum absolute atomic E-state index is 10.3. The third kappa shape index (κ3) is 3.91. The maximum Gasteiger partial charge on any atom is 0.210 e. The highest BCUT2D eigenvalue weighted by molar-refractivity contribution is 6.24. The Balaban J connectivity index is 1.25. The number of aromatic nitrogens is 2. The summed E-state index contributed by atoms with van der Waals surface area (Å²) in [6.07, 6.45) is 6.38. The quantitative estimate of drug-likeness (QED) is 0.183. The third-order valence-corrected chi connectivity index (χ3v) is 10.0. The van der Waals surface area contributed by atoms with Crippen LogP contribution in [0.4, 0.5) is 5.69 Å². The monoisotopic (exact) mass is 626 g/mol. The highest BCUT2D eigenvalue weighted by atomic mass is 16.3. The van der Waals surface area contributed by atoms with Crippen LogP contribution >= 0.6 is 0 Å². The van der Waals surface area contributed by atoms with Gasteiger partial charge in [-0.05, 0) is 90.2 Å². The van der Waals surface area contributed by atoms with Gasteiger partial charge in [0, 0.05) is 32.9 Å². The second-order valence-corrected chi connectivity index (χ2v) is 12.6. The predicted octanol–water partition coefficient (Wildman–Crippen LogP) is 11.7. The van der Waals surface area contributed by atoms with E-state index < -0.39 is 0 Å². The number of benzene rings is 6. The molecule has 3 aromatic heterocycles. The van der Waals surface area contributed by atoms with Crippen LogP contribution in [0, 0.1) is 17.9 Å². The van der Waals surface area contributed by atoms with Crippen LogP contribution in [0.25, 0.3) is 88.1 Å². The van der Waals surface area contributed by atoms with Gasteiger partial charge in [0.1, 0.15) is 11.2 Å². The van der Waals surface area contributed by atoms with Gasteiger partial charge in [-0.3, -0.25) is 0 Å². The highest BCUT2D eigenvalue weighted by Crippen LogP contribution is 2.42. The van der Waals surface area contributed by atoms with Gasteiger partial charge in [0.2, 0.25) is 5.69 Å². The van der Waals surface area contributed by atoms with Gasteiger partial charge in [-0.15, -0.1) is 0 Å². The molecule has 0 aliphatic heterocycles. The van der Waals surface area contributed by atoms with Gasteiger partial charge in [-0.25, -0.2) is 4.85 Å². The number of aryl methyl sites for hydroxylation is 1. The van der Waals surface area contributed by atoms with E-state index in [1.54, 1.807) is 0 Å². The van der Waals surface area contributed by atoms with Gasteiger partial charge in [0.25, 0.3) is 0 Å². The molecule has 5 heteroatoms. The van der Waals surface area contributed by atoms with Crippen molar-refractivity contribution in [2.24, 2.45) is 0 Å². The molecule has 0 unspecified atom stereocenters. The molecule has 10 rings (SSSR count). The van der Waals surface area contributed by atoms with Crippen LogP contribution in [0.15, 0.2) is 132 Å². The second-order valence-electron chi connectivity index (χ2n) is 12.6. The van der Waals surface area contributed by atoms with Crippen LogP contribution in [0.5, 0.6) is 0 Å². The number of hydrogen-bond donors (Lipinski definition) is 0. The Bertz CT molecular complexity index is 2970. The van der Waals surface area contributed by atoms with Crippen molar-refractivity contribution in [3.05, 3.63) is 156 Å². The zero-order chi connectivity index (χ0) is 32.6. The standard InChI is InChI=1S/C44H26N4O/c1-46-36-20-18-28(25-40(36)48-38-15-7-2-10-31(38)32-11-3-8-16-39(32)48)29-22-27(26-45)23-30(24-29)47-37-14-6-4-12-33(37)34-19-21-42-43(44(34)47)35-13-5-9-17-41(35)49-42/h2,4-10,12-25H,3,11H2. The number of hydrogen-bond acceptors (Lipinski definition) is 2. The van der Waals surface area contributed by atoms with E-state index >= 15 is 0 Å². The average Bonchev–Trinajstić information content (AvgIpc) is 3.82. The Kier molecular flexibility index (Phi) is 5.76. The molecule has 0 radical (unpaired) electrons. The Hall–Kier alpha value is -6.82. The number of furan rings is 1. The number of nitriles is 1. The predicted molar refractivity (Wildman–Crippen MR) is 199 cm³/mol. The minimum Gasteiger partial charge on any atom is -0.456 e. The molecule has 49 heavy (non-hydrogen) atoms. The van der Waals surface area contributed by atoms with Crippen molar-refractivity contribution in [2.75, 3.05) is 0 Å². The van der Waals surface area contributed by atoms with E-state index in [0.29, 0.717) is 11.3 Å². The van der Waals surface area contributed by atoms with Crippen molar-refractivity contribution in [1.82, 2.24) is 9.13 Å². The lowest BCUT2D eigenvalue weighted by molar-refractivity contribution is 0.669. The average molecular weight is 627 g/mol. The van der Waals surface area contributed by atoms with Crippen LogP contribution in [0.3, 0.4) is 0 Å². The highest BCUT2D eigenvalue weighted by Gasteiger charge is 2.22. The van der Waals surface area contributed by atoms with E-state index in [4.69, 9.17) is 11.0 Å². The minimum absolute atomic E-state index is 0.560. The molecule has 0 fully saturated rings. The molecule has 0 spiro atoms. The molecule has 0 saturated heterocycles. The third-order valence-electron chi connectivity index (χ3n) is 10.0. The van der Waals surface area contributed by atoms with Crippen LogP contribution in [0.1, 0.15) is 23.2 Å². The number of rotatable bonds is 3. The lowest BCUT2D eigenvalue weighted by atomic mass is 10.00. The van der Waals surface area contributed by atoms with E-state index in [9.17, 15) is 5.26 Å². The first-order chi connectivity index (χ1) is 24.2. The first-order valence-electron chi connectivity index (χ1n) is 16.4. The fraction of sp³-hybridized carbons (Fsp3) is 0.0455. The van der Waals surface area contributed by atoms with Crippen molar-refractivity contribution in [1.29, 1.82) is 5.26 Å². The van der Waals surface area contributed by atoms with Crippen molar-refractivity contribution in [2.45, 2.75) is 12.8 Å². The summed E-state index contributed by atoms with van der Waals surface area (Å²) in [4.78, 5) is 3.97. The molecule has 9 aromatic rings. The lowest BCUT2D eigenvalue weighted by Crippen LogP contribution is -2.01. The second kappa shape index (κ2) is 10.3. The van der Waals surface area contributed by atoms with Crippen molar-refractivity contribution in [3.8, 4) is 28.6 Å². The summed E-state index contributed by atoms with van der Waals surface area (Å²) in [6.45, 7) is 8.11. The van der Waals surface area contributed by atoms with Crippen LogP contribution < -0.4 is 0 Å². The van der Waals surface area contributed by atoms with E-state index in [1.165, 1.54) is 10.9 Å². The molecule has 0 N–H and O–H groups in total. The SMILES string of the molecule is [C-]#[N+]c1ccc(-c2cc(C#N)cc(-n3c4ccccc4c4ccc5oc6ccccc6c5c43)c2)cc1-n1c2c(c3ccccc31)CCC=C2. The molecule has 5 nitrogen and oxygen atoms in total. The number of nitrogens with zero attached hydrogens (tertiary/aromatic N) is 4. The van der Waals surface area contributed by atoms with Crippen molar-refractivity contribution in [3.63, 3.8) is 0 Å². The number of fused-ring (bicyclic) bond motifs is 10. The van der Waals surface area contributed by atoms with E-state index in [2.05, 4.69) is 111 Å². The first-order valence-corrected chi connectivity index (χ1v) is 16.4.